The number of benzene rings is 1. The van der Waals surface area contributed by atoms with Gasteiger partial charge in [-0.1, -0.05) is 26.0 Å². The highest BCUT2D eigenvalue weighted by Gasteiger charge is 2.51. The number of carbonyl (C=O) groups is 3. The number of hydrogen-bond donors (Lipinski definition) is 1. The molecule has 1 aliphatic carbocycles. The Kier molecular flexibility index (Phi) is 6.00. The Morgan fingerprint density at radius 2 is 1.87 bits per heavy atom. The number of rotatable bonds is 5. The van der Waals surface area contributed by atoms with E-state index in [1.807, 2.05) is 26.0 Å². The van der Waals surface area contributed by atoms with Gasteiger partial charge in [-0.15, -0.1) is 11.8 Å². The predicted molar refractivity (Wildman–Crippen MR) is 113 cm³/mol. The minimum atomic E-state index is -0.831. The number of carbonyl (C=O) groups excluding carboxylic acids is 3. The SMILES string of the molecule is CC(C)CC(C(=O)NC1CCSc2ccc(F)cc21)N1C(=O)C2CC=CCC2C1=O. The summed E-state index contributed by atoms with van der Waals surface area (Å²) in [5, 5.41) is 3.03. The second-order valence-corrected chi connectivity index (χ2v) is 9.86. The van der Waals surface area contributed by atoms with Crippen molar-refractivity contribution >= 4 is 29.5 Å². The highest BCUT2D eigenvalue weighted by atomic mass is 32.2. The Morgan fingerprint density at radius 1 is 1.20 bits per heavy atom. The van der Waals surface area contributed by atoms with Gasteiger partial charge in [0.2, 0.25) is 17.7 Å². The maximum Gasteiger partial charge on any atom is 0.243 e. The van der Waals surface area contributed by atoms with Crippen LogP contribution in [0.15, 0.2) is 35.2 Å². The summed E-state index contributed by atoms with van der Waals surface area (Å²) in [7, 11) is 0. The van der Waals surface area contributed by atoms with Gasteiger partial charge in [0.05, 0.1) is 17.9 Å². The van der Waals surface area contributed by atoms with Gasteiger partial charge < -0.3 is 5.32 Å². The van der Waals surface area contributed by atoms with Crippen molar-refractivity contribution in [3.05, 3.63) is 41.7 Å². The van der Waals surface area contributed by atoms with E-state index in [9.17, 15) is 18.8 Å². The molecule has 4 atom stereocenters. The lowest BCUT2D eigenvalue weighted by Gasteiger charge is -2.31. The van der Waals surface area contributed by atoms with Crippen LogP contribution >= 0.6 is 11.8 Å². The first-order valence-corrected chi connectivity index (χ1v) is 11.6. The zero-order valence-corrected chi connectivity index (χ0v) is 18.1. The lowest BCUT2D eigenvalue weighted by Crippen LogP contribution is -2.51. The molecule has 1 saturated heterocycles. The van der Waals surface area contributed by atoms with Crippen molar-refractivity contribution in [3.8, 4) is 0 Å². The monoisotopic (exact) mass is 430 g/mol. The number of allylic oxidation sites excluding steroid dienone is 2. The van der Waals surface area contributed by atoms with Crippen LogP contribution in [0.3, 0.4) is 0 Å². The average Bonchev–Trinajstić information content (AvgIpc) is 2.97. The van der Waals surface area contributed by atoms with Crippen molar-refractivity contribution in [2.45, 2.75) is 56.5 Å². The highest BCUT2D eigenvalue weighted by molar-refractivity contribution is 7.99. The summed E-state index contributed by atoms with van der Waals surface area (Å²) in [5.41, 5.74) is 0.764. The molecule has 0 spiro atoms. The number of nitrogens with zero attached hydrogens (tertiary/aromatic N) is 1. The summed E-state index contributed by atoms with van der Waals surface area (Å²) in [6, 6.07) is 3.48. The van der Waals surface area contributed by atoms with Crippen LogP contribution in [0.1, 0.15) is 51.1 Å². The topological polar surface area (TPSA) is 66.5 Å². The normalized spacial score (nSPS) is 26.5. The summed E-state index contributed by atoms with van der Waals surface area (Å²) < 4.78 is 13.8. The summed E-state index contributed by atoms with van der Waals surface area (Å²) in [6.07, 6.45) is 6.07. The summed E-state index contributed by atoms with van der Waals surface area (Å²) in [6.45, 7) is 3.95. The predicted octanol–water partition coefficient (Wildman–Crippen LogP) is 3.84. The van der Waals surface area contributed by atoms with Gasteiger partial charge in [0, 0.05) is 10.6 Å². The second-order valence-electron chi connectivity index (χ2n) is 8.73. The molecular weight excluding hydrogens is 403 g/mol. The van der Waals surface area contributed by atoms with E-state index in [1.165, 1.54) is 17.0 Å². The number of imide groups is 1. The van der Waals surface area contributed by atoms with Gasteiger partial charge in [-0.25, -0.2) is 4.39 Å². The molecule has 30 heavy (non-hydrogen) atoms. The first-order chi connectivity index (χ1) is 14.4. The molecule has 3 aliphatic rings. The molecule has 0 aromatic heterocycles. The molecule has 1 aromatic rings. The van der Waals surface area contributed by atoms with Crippen LogP contribution < -0.4 is 5.32 Å². The van der Waals surface area contributed by atoms with Crippen LogP contribution in [0.4, 0.5) is 4.39 Å². The van der Waals surface area contributed by atoms with E-state index in [-0.39, 0.29) is 47.3 Å². The van der Waals surface area contributed by atoms with Gasteiger partial charge in [0.1, 0.15) is 11.9 Å². The number of hydrogen-bond acceptors (Lipinski definition) is 4. The zero-order valence-electron chi connectivity index (χ0n) is 17.3. The summed E-state index contributed by atoms with van der Waals surface area (Å²) in [5.74, 6) is -0.901. The number of halogens is 1. The first kappa shape index (κ1) is 21.1. The Balaban J connectivity index is 1.58. The fourth-order valence-electron chi connectivity index (χ4n) is 4.69. The van der Waals surface area contributed by atoms with Gasteiger partial charge in [0.25, 0.3) is 0 Å². The number of amides is 3. The lowest BCUT2D eigenvalue weighted by atomic mass is 9.85. The van der Waals surface area contributed by atoms with E-state index in [1.54, 1.807) is 17.8 Å². The number of fused-ring (bicyclic) bond motifs is 2. The number of thioether (sulfide) groups is 1. The fourth-order valence-corrected chi connectivity index (χ4v) is 5.80. The van der Waals surface area contributed by atoms with Crippen LogP contribution in [0, 0.1) is 23.6 Å². The van der Waals surface area contributed by atoms with E-state index < -0.39 is 6.04 Å². The van der Waals surface area contributed by atoms with E-state index in [4.69, 9.17) is 0 Å². The molecule has 2 aliphatic heterocycles. The molecule has 1 N–H and O–H groups in total. The summed E-state index contributed by atoms with van der Waals surface area (Å²) in [4.78, 5) is 41.6. The van der Waals surface area contributed by atoms with Crippen LogP contribution in [0.2, 0.25) is 0 Å². The van der Waals surface area contributed by atoms with Crippen molar-refractivity contribution in [1.29, 1.82) is 0 Å². The Bertz CT molecular complexity index is 874. The van der Waals surface area contributed by atoms with E-state index in [0.29, 0.717) is 25.7 Å². The van der Waals surface area contributed by atoms with E-state index in [0.717, 1.165) is 16.2 Å². The van der Waals surface area contributed by atoms with Crippen LogP contribution in [0.5, 0.6) is 0 Å². The number of likely N-dealkylation sites (tertiary alicyclic amines) is 1. The van der Waals surface area contributed by atoms with Gasteiger partial charge >= 0.3 is 0 Å². The lowest BCUT2D eigenvalue weighted by molar-refractivity contribution is -0.148. The fraction of sp³-hybridized carbons (Fsp3) is 0.522. The molecule has 5 nitrogen and oxygen atoms in total. The Hall–Kier alpha value is -2.15. The standard InChI is InChI=1S/C23H27FN2O3S/c1-13(2)11-19(26-22(28)15-5-3-4-6-16(15)23(26)29)21(27)25-18-9-10-30-20-8-7-14(24)12-17(18)20/h3-4,7-8,12-13,15-16,18-19H,5-6,9-11H2,1-2H3,(H,25,27). The zero-order chi connectivity index (χ0) is 21.4. The maximum atomic E-state index is 13.8. The molecule has 0 bridgehead atoms. The largest absolute Gasteiger partial charge is 0.347 e. The van der Waals surface area contributed by atoms with Crippen molar-refractivity contribution in [2.75, 3.05) is 5.75 Å². The minimum absolute atomic E-state index is 0.133. The molecule has 0 radical (unpaired) electrons. The van der Waals surface area contributed by atoms with E-state index in [2.05, 4.69) is 5.32 Å². The Labute approximate surface area is 180 Å². The quantitative estimate of drug-likeness (QED) is 0.569. The molecule has 7 heteroatoms. The molecule has 2 heterocycles. The summed E-state index contributed by atoms with van der Waals surface area (Å²) >= 11 is 1.64. The highest BCUT2D eigenvalue weighted by Crippen LogP contribution is 2.39. The second kappa shape index (κ2) is 8.53. The van der Waals surface area contributed by atoms with Gasteiger partial charge in [-0.05, 0) is 55.4 Å². The van der Waals surface area contributed by atoms with Crippen molar-refractivity contribution in [2.24, 2.45) is 17.8 Å². The molecular formula is C23H27FN2O3S. The molecule has 3 amide bonds. The molecule has 1 fully saturated rings. The third-order valence-corrected chi connectivity index (χ3v) is 7.30. The van der Waals surface area contributed by atoms with Crippen molar-refractivity contribution in [1.82, 2.24) is 10.2 Å². The van der Waals surface area contributed by atoms with Gasteiger partial charge in [-0.3, -0.25) is 19.3 Å². The first-order valence-electron chi connectivity index (χ1n) is 10.6. The molecule has 4 unspecified atom stereocenters. The Morgan fingerprint density at radius 3 is 2.50 bits per heavy atom. The third kappa shape index (κ3) is 3.92. The minimum Gasteiger partial charge on any atom is -0.347 e. The van der Waals surface area contributed by atoms with Crippen LogP contribution in [0.25, 0.3) is 0 Å². The molecule has 0 saturated carbocycles. The maximum absolute atomic E-state index is 13.8. The van der Waals surface area contributed by atoms with E-state index >= 15 is 0 Å². The third-order valence-electron chi connectivity index (χ3n) is 6.18. The number of nitrogens with one attached hydrogen (secondary N) is 1. The molecule has 1 aromatic carbocycles. The van der Waals surface area contributed by atoms with Gasteiger partial charge in [0.15, 0.2) is 0 Å². The van der Waals surface area contributed by atoms with Gasteiger partial charge in [-0.2, -0.15) is 0 Å². The van der Waals surface area contributed by atoms with Crippen LogP contribution in [-0.2, 0) is 14.4 Å². The molecule has 160 valence electrons. The smallest absolute Gasteiger partial charge is 0.243 e. The van der Waals surface area contributed by atoms with Crippen molar-refractivity contribution in [3.63, 3.8) is 0 Å². The average molecular weight is 431 g/mol. The molecule has 4 rings (SSSR count). The van der Waals surface area contributed by atoms with Crippen LogP contribution in [-0.4, -0.2) is 34.4 Å². The van der Waals surface area contributed by atoms with Crippen molar-refractivity contribution < 1.29 is 18.8 Å².